The van der Waals surface area contributed by atoms with Crippen LogP contribution in [0.2, 0.25) is 0 Å². The van der Waals surface area contributed by atoms with Crippen molar-refractivity contribution in [2.45, 2.75) is 37.7 Å². The molecule has 2 atom stereocenters. The van der Waals surface area contributed by atoms with Crippen LogP contribution in [0.4, 0.5) is 0 Å². The average molecular weight is 245 g/mol. The molecule has 0 amide bonds. The fourth-order valence-electron chi connectivity index (χ4n) is 2.40. The zero-order chi connectivity index (χ0) is 12.4. The highest BCUT2D eigenvalue weighted by molar-refractivity contribution is 5.51. The monoisotopic (exact) mass is 245 g/mol. The quantitative estimate of drug-likeness (QED) is 0.877. The first kappa shape index (κ1) is 11.3. The second-order valence-electron chi connectivity index (χ2n) is 4.66. The topological polar surface area (TPSA) is 72.0 Å². The second-order valence-corrected chi connectivity index (χ2v) is 4.66. The maximum atomic E-state index is 9.96. The Kier molecular flexibility index (Phi) is 3.06. The molecule has 1 aliphatic rings. The largest absolute Gasteiger partial charge is 0.392 e. The minimum Gasteiger partial charge on any atom is -0.392 e. The molecule has 18 heavy (non-hydrogen) atoms. The van der Waals surface area contributed by atoms with Crippen LogP contribution in [0, 0.1) is 0 Å². The predicted octanol–water partition coefficient (Wildman–Crippen LogP) is 2.15. The van der Waals surface area contributed by atoms with Crippen molar-refractivity contribution in [1.82, 2.24) is 15.1 Å². The van der Waals surface area contributed by atoms with E-state index in [1.807, 2.05) is 12.1 Å². The molecule has 0 saturated heterocycles. The first-order valence-electron chi connectivity index (χ1n) is 6.26. The van der Waals surface area contributed by atoms with Crippen molar-refractivity contribution < 1.29 is 9.63 Å². The molecule has 0 aliphatic heterocycles. The Morgan fingerprint density at radius 1 is 1.28 bits per heavy atom. The molecule has 0 spiro atoms. The average Bonchev–Trinajstić information content (AvgIpc) is 2.90. The van der Waals surface area contributed by atoms with Crippen LogP contribution in [-0.4, -0.2) is 26.3 Å². The lowest BCUT2D eigenvalue weighted by Crippen LogP contribution is -2.22. The van der Waals surface area contributed by atoms with Crippen LogP contribution in [0.15, 0.2) is 29.0 Å². The number of aliphatic hydroxyl groups excluding tert-OH is 1. The molecule has 1 saturated carbocycles. The summed E-state index contributed by atoms with van der Waals surface area (Å²) in [7, 11) is 0. The maximum Gasteiger partial charge on any atom is 0.232 e. The molecule has 2 aromatic rings. The lowest BCUT2D eigenvalue weighted by Gasteiger charge is -2.24. The lowest BCUT2D eigenvalue weighted by atomic mass is 9.86. The van der Waals surface area contributed by atoms with Gasteiger partial charge in [-0.1, -0.05) is 18.0 Å². The van der Waals surface area contributed by atoms with E-state index in [1.54, 1.807) is 12.4 Å². The van der Waals surface area contributed by atoms with Gasteiger partial charge in [-0.3, -0.25) is 4.98 Å². The van der Waals surface area contributed by atoms with Gasteiger partial charge in [-0.25, -0.2) is 0 Å². The molecule has 0 aromatic carbocycles. The van der Waals surface area contributed by atoms with E-state index < -0.39 is 0 Å². The minimum absolute atomic E-state index is 0.0170. The van der Waals surface area contributed by atoms with E-state index in [0.29, 0.717) is 11.7 Å². The van der Waals surface area contributed by atoms with Gasteiger partial charge in [-0.2, -0.15) is 4.98 Å². The zero-order valence-corrected chi connectivity index (χ0v) is 9.99. The van der Waals surface area contributed by atoms with E-state index in [1.165, 1.54) is 0 Å². The third-order valence-corrected chi connectivity index (χ3v) is 3.41. The van der Waals surface area contributed by atoms with Crippen LogP contribution in [0.25, 0.3) is 11.4 Å². The molecular formula is C13H15N3O2. The number of aromatic nitrogens is 3. The first-order valence-corrected chi connectivity index (χ1v) is 6.26. The summed E-state index contributed by atoms with van der Waals surface area (Å²) in [5.74, 6) is 1.06. The molecule has 2 heterocycles. The van der Waals surface area contributed by atoms with Crippen LogP contribution >= 0.6 is 0 Å². The number of hydrogen-bond acceptors (Lipinski definition) is 5. The van der Waals surface area contributed by atoms with Crippen molar-refractivity contribution in [2.75, 3.05) is 0 Å². The lowest BCUT2D eigenvalue weighted by molar-refractivity contribution is 0.0908. The van der Waals surface area contributed by atoms with E-state index in [4.69, 9.17) is 4.52 Å². The van der Waals surface area contributed by atoms with Gasteiger partial charge in [0.15, 0.2) is 0 Å². The van der Waals surface area contributed by atoms with Crippen LogP contribution < -0.4 is 0 Å². The molecule has 1 N–H and O–H groups in total. The first-order chi connectivity index (χ1) is 8.84. The fraction of sp³-hybridized carbons (Fsp3) is 0.462. The van der Waals surface area contributed by atoms with Crippen molar-refractivity contribution in [2.24, 2.45) is 0 Å². The molecule has 5 heteroatoms. The summed E-state index contributed by atoms with van der Waals surface area (Å²) in [5, 5.41) is 13.9. The van der Waals surface area contributed by atoms with Gasteiger partial charge in [0.1, 0.15) is 0 Å². The summed E-state index contributed by atoms with van der Waals surface area (Å²) in [6, 6.07) is 3.72. The molecule has 94 valence electrons. The van der Waals surface area contributed by atoms with Gasteiger partial charge in [0, 0.05) is 18.0 Å². The molecule has 3 rings (SSSR count). The van der Waals surface area contributed by atoms with Gasteiger partial charge < -0.3 is 9.63 Å². The van der Waals surface area contributed by atoms with E-state index in [0.717, 1.165) is 31.2 Å². The van der Waals surface area contributed by atoms with E-state index in [-0.39, 0.29) is 12.0 Å². The van der Waals surface area contributed by atoms with Gasteiger partial charge >= 0.3 is 0 Å². The summed E-state index contributed by atoms with van der Waals surface area (Å²) < 4.78 is 5.28. The van der Waals surface area contributed by atoms with Gasteiger partial charge in [-0.15, -0.1) is 0 Å². The second kappa shape index (κ2) is 4.86. The minimum atomic E-state index is -0.360. The highest BCUT2D eigenvalue weighted by atomic mass is 16.5. The van der Waals surface area contributed by atoms with E-state index in [9.17, 15) is 5.11 Å². The third-order valence-electron chi connectivity index (χ3n) is 3.41. The summed E-state index contributed by atoms with van der Waals surface area (Å²) in [6.45, 7) is 0. The summed E-state index contributed by atoms with van der Waals surface area (Å²) in [5.41, 5.74) is 0.831. The Morgan fingerprint density at radius 2 is 2.17 bits per heavy atom. The molecule has 1 aliphatic carbocycles. The van der Waals surface area contributed by atoms with Crippen LogP contribution in [0.1, 0.15) is 37.5 Å². The number of nitrogens with zero attached hydrogens (tertiary/aromatic N) is 3. The highest BCUT2D eigenvalue weighted by Gasteiger charge is 2.29. The Labute approximate surface area is 105 Å². The van der Waals surface area contributed by atoms with Crippen molar-refractivity contribution in [3.05, 3.63) is 30.4 Å². The number of hydrogen-bond donors (Lipinski definition) is 1. The fourth-order valence-corrected chi connectivity index (χ4v) is 2.40. The SMILES string of the molecule is OC1CCCCC1c1nc(-c2cccnc2)no1. The molecule has 5 nitrogen and oxygen atoms in total. The smallest absolute Gasteiger partial charge is 0.232 e. The Hall–Kier alpha value is -1.75. The number of pyridine rings is 1. The molecule has 1 fully saturated rings. The van der Waals surface area contributed by atoms with Crippen LogP contribution in [0.3, 0.4) is 0 Å². The van der Waals surface area contributed by atoms with Crippen LogP contribution in [-0.2, 0) is 0 Å². The van der Waals surface area contributed by atoms with E-state index >= 15 is 0 Å². The third kappa shape index (κ3) is 2.13. The molecule has 0 radical (unpaired) electrons. The Balaban J connectivity index is 1.85. The van der Waals surface area contributed by atoms with Gasteiger partial charge in [0.05, 0.1) is 12.0 Å². The van der Waals surface area contributed by atoms with E-state index in [2.05, 4.69) is 15.1 Å². The molecule has 2 unspecified atom stereocenters. The van der Waals surface area contributed by atoms with Gasteiger partial charge in [0.2, 0.25) is 11.7 Å². The van der Waals surface area contributed by atoms with Crippen molar-refractivity contribution >= 4 is 0 Å². The molecule has 0 bridgehead atoms. The zero-order valence-electron chi connectivity index (χ0n) is 9.99. The normalized spacial score (nSPS) is 24.1. The van der Waals surface area contributed by atoms with Gasteiger partial charge in [0.25, 0.3) is 0 Å². The number of rotatable bonds is 2. The Bertz CT molecular complexity index is 512. The standard InChI is InChI=1S/C13H15N3O2/c17-11-6-2-1-5-10(11)13-15-12(16-18-13)9-4-3-7-14-8-9/h3-4,7-8,10-11,17H,1-2,5-6H2. The molecule has 2 aromatic heterocycles. The summed E-state index contributed by atoms with van der Waals surface area (Å²) in [4.78, 5) is 8.40. The summed E-state index contributed by atoms with van der Waals surface area (Å²) >= 11 is 0. The highest BCUT2D eigenvalue weighted by Crippen LogP contribution is 2.32. The van der Waals surface area contributed by atoms with Gasteiger partial charge in [-0.05, 0) is 25.0 Å². The van der Waals surface area contributed by atoms with Crippen molar-refractivity contribution in [3.63, 3.8) is 0 Å². The number of aliphatic hydroxyl groups is 1. The summed E-state index contributed by atoms with van der Waals surface area (Å²) in [6.07, 6.45) is 6.95. The maximum absolute atomic E-state index is 9.96. The Morgan fingerprint density at radius 3 is 2.94 bits per heavy atom. The predicted molar refractivity (Wildman–Crippen MR) is 64.7 cm³/mol. The molecular weight excluding hydrogens is 230 g/mol. The van der Waals surface area contributed by atoms with Crippen molar-refractivity contribution in [1.29, 1.82) is 0 Å². The van der Waals surface area contributed by atoms with Crippen LogP contribution in [0.5, 0.6) is 0 Å². The van der Waals surface area contributed by atoms with Crippen molar-refractivity contribution in [3.8, 4) is 11.4 Å².